The highest BCUT2D eigenvalue weighted by Gasteiger charge is 2.57. The van der Waals surface area contributed by atoms with E-state index < -0.39 is 6.16 Å². The van der Waals surface area contributed by atoms with Gasteiger partial charge in [-0.05, 0) is 33.0 Å². The Balaban J connectivity index is 1.73. The van der Waals surface area contributed by atoms with Crippen molar-refractivity contribution in [3.05, 3.63) is 82.9 Å². The van der Waals surface area contributed by atoms with Gasteiger partial charge < -0.3 is 9.47 Å². The summed E-state index contributed by atoms with van der Waals surface area (Å²) in [5, 5.41) is 2.48. The third-order valence-corrected chi connectivity index (χ3v) is 5.76. The lowest BCUT2D eigenvalue weighted by Crippen LogP contribution is -2.45. The Kier molecular flexibility index (Phi) is 2.19. The van der Waals surface area contributed by atoms with E-state index in [9.17, 15) is 4.79 Å². The molecule has 24 heavy (non-hydrogen) atoms. The van der Waals surface area contributed by atoms with E-state index in [1.165, 1.54) is 33.0 Å². The monoisotopic (exact) mass is 314 g/mol. The van der Waals surface area contributed by atoms with E-state index in [0.29, 0.717) is 0 Å². The van der Waals surface area contributed by atoms with E-state index in [2.05, 4.69) is 60.7 Å². The molecule has 2 bridgehead atoms. The molecule has 0 aromatic heterocycles. The molecule has 3 heteroatoms. The fraction of sp³-hybridized carbons (Fsp3) is 0.190. The van der Waals surface area contributed by atoms with Crippen LogP contribution in [-0.2, 0) is 9.47 Å². The average molecular weight is 314 g/mol. The molecule has 3 aromatic carbocycles. The number of carbonyl (C=O) groups is 1. The maximum atomic E-state index is 11.8. The molecule has 0 unspecified atom stereocenters. The van der Waals surface area contributed by atoms with Crippen molar-refractivity contribution in [2.75, 3.05) is 0 Å². The zero-order chi connectivity index (χ0) is 15.8. The van der Waals surface area contributed by atoms with Gasteiger partial charge in [0.15, 0.2) is 12.2 Å². The third-order valence-electron chi connectivity index (χ3n) is 5.76. The summed E-state index contributed by atoms with van der Waals surface area (Å²) in [4.78, 5) is 11.8. The van der Waals surface area contributed by atoms with Gasteiger partial charge in [-0.15, -0.1) is 0 Å². The summed E-state index contributed by atoms with van der Waals surface area (Å²) in [6, 6.07) is 21.3. The van der Waals surface area contributed by atoms with E-state index in [1.54, 1.807) is 0 Å². The van der Waals surface area contributed by atoms with Crippen LogP contribution in [0.1, 0.15) is 34.1 Å². The molecule has 3 nitrogen and oxygen atoms in total. The normalized spacial score (nSPS) is 28.8. The van der Waals surface area contributed by atoms with E-state index in [1.807, 2.05) is 0 Å². The fourth-order valence-electron chi connectivity index (χ4n) is 4.93. The van der Waals surface area contributed by atoms with Crippen LogP contribution in [0.15, 0.2) is 60.7 Å². The van der Waals surface area contributed by atoms with Gasteiger partial charge in [0.1, 0.15) is 0 Å². The predicted molar refractivity (Wildman–Crippen MR) is 89.2 cm³/mol. The number of fused-ring (bicyclic) bond motifs is 1. The number of carbonyl (C=O) groups excluding carboxylic acids is 1. The Hall–Kier alpha value is -2.81. The molecule has 4 aliphatic rings. The first-order valence-corrected chi connectivity index (χ1v) is 8.30. The van der Waals surface area contributed by atoms with Gasteiger partial charge in [0, 0.05) is 0 Å². The van der Waals surface area contributed by atoms with Crippen LogP contribution in [0.4, 0.5) is 4.79 Å². The van der Waals surface area contributed by atoms with Gasteiger partial charge >= 0.3 is 6.16 Å². The summed E-state index contributed by atoms with van der Waals surface area (Å²) < 4.78 is 11.2. The lowest BCUT2D eigenvalue weighted by atomic mass is 9.60. The Bertz CT molecular complexity index is 1020. The molecule has 0 radical (unpaired) electrons. The number of rotatable bonds is 0. The van der Waals surface area contributed by atoms with Crippen molar-refractivity contribution in [2.24, 2.45) is 0 Å². The van der Waals surface area contributed by atoms with Gasteiger partial charge in [0.25, 0.3) is 0 Å². The second-order valence-corrected chi connectivity index (χ2v) is 6.79. The third kappa shape index (κ3) is 1.37. The second kappa shape index (κ2) is 4.18. The number of ether oxygens (including phenoxy) is 2. The lowest BCUT2D eigenvalue weighted by molar-refractivity contribution is 0.104. The van der Waals surface area contributed by atoms with Gasteiger partial charge in [-0.25, -0.2) is 4.79 Å². The van der Waals surface area contributed by atoms with Crippen LogP contribution in [0.2, 0.25) is 0 Å². The van der Waals surface area contributed by atoms with Crippen molar-refractivity contribution in [3.8, 4) is 0 Å². The molecule has 0 saturated carbocycles. The molecule has 4 atom stereocenters. The van der Waals surface area contributed by atoms with Crippen LogP contribution in [-0.4, -0.2) is 18.4 Å². The van der Waals surface area contributed by atoms with Crippen molar-refractivity contribution < 1.29 is 14.3 Å². The van der Waals surface area contributed by atoms with Crippen LogP contribution >= 0.6 is 0 Å². The molecule has 0 N–H and O–H groups in total. The standard InChI is InChI=1S/C21H14O3/c22-21-23-19-17-13-7-3-4-8-14(13)18(20(19)24-21)16-12-6-2-1-5-11(12)9-10-15(16)17/h1-10,17-20H/t17-,18-,19+,20+/m0/s1. The van der Waals surface area contributed by atoms with E-state index in [-0.39, 0.29) is 24.0 Å². The maximum absolute atomic E-state index is 11.8. The first-order valence-electron chi connectivity index (χ1n) is 8.30. The Labute approximate surface area is 138 Å². The van der Waals surface area contributed by atoms with Crippen molar-refractivity contribution in [3.63, 3.8) is 0 Å². The Morgan fingerprint density at radius 2 is 1.33 bits per heavy atom. The van der Waals surface area contributed by atoms with E-state index in [4.69, 9.17) is 9.47 Å². The molecule has 0 spiro atoms. The molecule has 1 fully saturated rings. The minimum atomic E-state index is -0.537. The van der Waals surface area contributed by atoms with E-state index in [0.717, 1.165) is 0 Å². The van der Waals surface area contributed by atoms with Crippen LogP contribution in [0.25, 0.3) is 10.8 Å². The second-order valence-electron chi connectivity index (χ2n) is 6.79. The summed E-state index contributed by atoms with van der Waals surface area (Å²) >= 11 is 0. The molecule has 1 heterocycles. The number of hydrogen-bond acceptors (Lipinski definition) is 3. The highest BCUT2D eigenvalue weighted by molar-refractivity contribution is 5.90. The zero-order valence-electron chi connectivity index (χ0n) is 12.8. The Morgan fingerprint density at radius 1 is 0.667 bits per heavy atom. The first-order chi connectivity index (χ1) is 11.8. The summed E-state index contributed by atoms with van der Waals surface area (Å²) in [6.07, 6.45) is -0.980. The van der Waals surface area contributed by atoms with Crippen molar-refractivity contribution in [2.45, 2.75) is 24.0 Å². The SMILES string of the molecule is O=C1O[C@@H]2[C@H]3c4ccccc4[C@@H](c4c3ccc3ccccc43)[C@H]2O1. The minimum absolute atomic E-state index is 0.0451. The summed E-state index contributed by atoms with van der Waals surface area (Å²) in [7, 11) is 0. The lowest BCUT2D eigenvalue weighted by Gasteiger charge is -2.45. The highest BCUT2D eigenvalue weighted by atomic mass is 16.8. The van der Waals surface area contributed by atoms with Crippen molar-refractivity contribution in [1.29, 1.82) is 0 Å². The smallest absolute Gasteiger partial charge is 0.426 e. The molecule has 7 rings (SSSR count). The Morgan fingerprint density at radius 3 is 2.17 bits per heavy atom. The summed E-state index contributed by atoms with van der Waals surface area (Å²) in [6.45, 7) is 0. The fourth-order valence-corrected chi connectivity index (χ4v) is 4.93. The van der Waals surface area contributed by atoms with Gasteiger partial charge in [0.05, 0.1) is 11.8 Å². The molecule has 3 aliphatic carbocycles. The molecule has 1 saturated heterocycles. The van der Waals surface area contributed by atoms with Gasteiger partial charge in [-0.1, -0.05) is 60.7 Å². The van der Waals surface area contributed by atoms with Crippen molar-refractivity contribution in [1.82, 2.24) is 0 Å². The molecular formula is C21H14O3. The molecule has 3 aromatic rings. The topological polar surface area (TPSA) is 35.5 Å². The van der Waals surface area contributed by atoms with Crippen LogP contribution in [0.3, 0.4) is 0 Å². The van der Waals surface area contributed by atoms with Crippen LogP contribution in [0.5, 0.6) is 0 Å². The quantitative estimate of drug-likeness (QED) is 0.579. The molecule has 0 amide bonds. The van der Waals surface area contributed by atoms with E-state index >= 15 is 0 Å². The van der Waals surface area contributed by atoms with Crippen molar-refractivity contribution >= 4 is 16.9 Å². The first kappa shape index (κ1) is 12.6. The molecule has 116 valence electrons. The number of hydrogen-bond donors (Lipinski definition) is 0. The van der Waals surface area contributed by atoms with Gasteiger partial charge in [-0.2, -0.15) is 0 Å². The summed E-state index contributed by atoms with van der Waals surface area (Å²) in [5.41, 5.74) is 5.11. The molecular weight excluding hydrogens is 300 g/mol. The highest BCUT2D eigenvalue weighted by Crippen LogP contribution is 2.57. The largest absolute Gasteiger partial charge is 0.509 e. The van der Waals surface area contributed by atoms with Gasteiger partial charge in [0.2, 0.25) is 0 Å². The number of benzene rings is 3. The van der Waals surface area contributed by atoms with Crippen LogP contribution < -0.4 is 0 Å². The maximum Gasteiger partial charge on any atom is 0.509 e. The predicted octanol–water partition coefficient (Wildman–Crippen LogP) is 4.33. The minimum Gasteiger partial charge on any atom is -0.426 e. The molecule has 1 aliphatic heterocycles. The average Bonchev–Trinajstić information content (AvgIpc) is 3.02. The van der Waals surface area contributed by atoms with Crippen LogP contribution in [0, 0.1) is 0 Å². The summed E-state index contributed by atoms with van der Waals surface area (Å²) in [5.74, 6) is 0.103. The zero-order valence-corrected chi connectivity index (χ0v) is 12.8. The van der Waals surface area contributed by atoms with Gasteiger partial charge in [-0.3, -0.25) is 0 Å².